The molecule has 2 unspecified atom stereocenters. The van der Waals surface area contributed by atoms with Gasteiger partial charge in [0.2, 0.25) is 0 Å². The molecule has 1 aromatic carbocycles. The summed E-state index contributed by atoms with van der Waals surface area (Å²) in [5.74, 6) is 0. The normalized spacial score (nSPS) is 16.4. The highest BCUT2D eigenvalue weighted by Crippen LogP contribution is 2.33. The maximum atomic E-state index is 12.4. The van der Waals surface area contributed by atoms with Gasteiger partial charge in [-0.1, -0.05) is 32.9 Å². The van der Waals surface area contributed by atoms with E-state index in [1.807, 2.05) is 0 Å². The third kappa shape index (κ3) is 3.46. The van der Waals surface area contributed by atoms with E-state index in [9.17, 15) is 23.4 Å². The number of benzene rings is 1. The van der Waals surface area contributed by atoms with Gasteiger partial charge in [-0.25, -0.2) is 0 Å². The first-order valence-electron chi connectivity index (χ1n) is 5.57. The largest absolute Gasteiger partial charge is 0.416 e. The van der Waals surface area contributed by atoms with Crippen molar-refractivity contribution in [1.29, 1.82) is 0 Å². The summed E-state index contributed by atoms with van der Waals surface area (Å²) in [6, 6.07) is 4.16. The Morgan fingerprint density at radius 1 is 0.944 bits per heavy atom. The molecule has 0 fully saturated rings. The molecule has 18 heavy (non-hydrogen) atoms. The van der Waals surface area contributed by atoms with Crippen molar-refractivity contribution in [2.24, 2.45) is 5.41 Å². The maximum absolute atomic E-state index is 12.4. The lowest BCUT2D eigenvalue weighted by Gasteiger charge is -2.30. The van der Waals surface area contributed by atoms with Crippen LogP contribution in [0, 0.1) is 5.41 Å². The molecule has 0 amide bonds. The second kappa shape index (κ2) is 4.90. The van der Waals surface area contributed by atoms with E-state index in [4.69, 9.17) is 0 Å². The summed E-state index contributed by atoms with van der Waals surface area (Å²) >= 11 is 0. The number of hydrogen-bond donors (Lipinski definition) is 2. The first-order valence-corrected chi connectivity index (χ1v) is 5.57. The van der Waals surface area contributed by atoms with Gasteiger partial charge in [0.1, 0.15) is 6.10 Å². The van der Waals surface area contributed by atoms with Gasteiger partial charge in [0, 0.05) is 0 Å². The van der Waals surface area contributed by atoms with Crippen molar-refractivity contribution in [3.63, 3.8) is 0 Å². The third-order valence-electron chi connectivity index (χ3n) is 2.77. The smallest absolute Gasteiger partial charge is 0.390 e. The van der Waals surface area contributed by atoms with E-state index in [1.165, 1.54) is 12.1 Å². The SMILES string of the molecule is CC(C)(C)C(O)C(O)c1ccc(C(F)(F)F)cc1. The maximum Gasteiger partial charge on any atom is 0.416 e. The van der Waals surface area contributed by atoms with Crippen molar-refractivity contribution in [1.82, 2.24) is 0 Å². The monoisotopic (exact) mass is 262 g/mol. The average molecular weight is 262 g/mol. The summed E-state index contributed by atoms with van der Waals surface area (Å²) < 4.78 is 37.1. The Hall–Kier alpha value is -1.07. The predicted octanol–water partition coefficient (Wildman–Crippen LogP) is 3.15. The zero-order chi connectivity index (χ0) is 14.1. The predicted molar refractivity (Wildman–Crippen MR) is 61.9 cm³/mol. The van der Waals surface area contributed by atoms with Crippen molar-refractivity contribution in [3.8, 4) is 0 Å². The Morgan fingerprint density at radius 2 is 1.39 bits per heavy atom. The molecule has 0 radical (unpaired) electrons. The molecule has 1 rings (SSSR count). The van der Waals surface area contributed by atoms with Crippen LogP contribution in [0.2, 0.25) is 0 Å². The Morgan fingerprint density at radius 3 is 1.72 bits per heavy atom. The lowest BCUT2D eigenvalue weighted by Crippen LogP contribution is -2.32. The first kappa shape index (κ1) is 15.0. The highest BCUT2D eigenvalue weighted by Gasteiger charge is 2.32. The van der Waals surface area contributed by atoms with Gasteiger partial charge in [-0.3, -0.25) is 0 Å². The molecular formula is C13H17F3O2. The summed E-state index contributed by atoms with van der Waals surface area (Å²) in [7, 11) is 0. The minimum absolute atomic E-state index is 0.269. The molecule has 0 aliphatic carbocycles. The fourth-order valence-corrected chi connectivity index (χ4v) is 1.53. The van der Waals surface area contributed by atoms with E-state index in [0.717, 1.165) is 12.1 Å². The average Bonchev–Trinajstić information content (AvgIpc) is 2.25. The second-order valence-corrected chi connectivity index (χ2v) is 5.38. The Bertz CT molecular complexity index is 390. The van der Waals surface area contributed by atoms with Crippen LogP contribution in [0.15, 0.2) is 24.3 Å². The van der Waals surface area contributed by atoms with E-state index in [0.29, 0.717) is 0 Å². The fourth-order valence-electron chi connectivity index (χ4n) is 1.53. The molecule has 2 N–H and O–H groups in total. The van der Waals surface area contributed by atoms with Crippen molar-refractivity contribution < 1.29 is 23.4 Å². The van der Waals surface area contributed by atoms with Crippen molar-refractivity contribution in [3.05, 3.63) is 35.4 Å². The molecule has 102 valence electrons. The van der Waals surface area contributed by atoms with Crippen molar-refractivity contribution >= 4 is 0 Å². The molecule has 0 aliphatic heterocycles. The first-order chi connectivity index (χ1) is 8.03. The molecule has 2 nitrogen and oxygen atoms in total. The van der Waals surface area contributed by atoms with Gasteiger partial charge in [0.15, 0.2) is 0 Å². The minimum atomic E-state index is -4.40. The Labute approximate surface area is 104 Å². The second-order valence-electron chi connectivity index (χ2n) is 5.38. The topological polar surface area (TPSA) is 40.5 Å². The summed E-state index contributed by atoms with van der Waals surface area (Å²) in [5, 5.41) is 19.8. The molecule has 0 aliphatic rings. The lowest BCUT2D eigenvalue weighted by molar-refractivity contribution is -0.137. The van der Waals surface area contributed by atoms with Gasteiger partial charge < -0.3 is 10.2 Å². The quantitative estimate of drug-likeness (QED) is 0.859. The van der Waals surface area contributed by atoms with Crippen molar-refractivity contribution in [2.75, 3.05) is 0 Å². The van der Waals surface area contributed by atoms with E-state index >= 15 is 0 Å². The molecule has 0 aromatic heterocycles. The Balaban J connectivity index is 2.93. The molecule has 0 heterocycles. The molecule has 2 atom stereocenters. The van der Waals surface area contributed by atoms with Crippen LogP contribution in [0.1, 0.15) is 38.0 Å². The molecule has 1 aromatic rings. The Kier molecular flexibility index (Phi) is 4.08. The number of hydrogen-bond acceptors (Lipinski definition) is 2. The third-order valence-corrected chi connectivity index (χ3v) is 2.77. The molecule has 0 saturated carbocycles. The van der Waals surface area contributed by atoms with Crippen LogP contribution < -0.4 is 0 Å². The number of alkyl halides is 3. The highest BCUT2D eigenvalue weighted by atomic mass is 19.4. The molecule has 0 bridgehead atoms. The number of aliphatic hydroxyl groups is 2. The van der Waals surface area contributed by atoms with Crippen LogP contribution in [0.5, 0.6) is 0 Å². The number of aliphatic hydroxyl groups excluding tert-OH is 2. The van der Waals surface area contributed by atoms with Gasteiger partial charge in [0.05, 0.1) is 11.7 Å². The molecular weight excluding hydrogens is 245 g/mol. The van der Waals surface area contributed by atoms with Crippen LogP contribution in [0.3, 0.4) is 0 Å². The van der Waals surface area contributed by atoms with Crippen LogP contribution in [0.4, 0.5) is 13.2 Å². The molecule has 0 saturated heterocycles. The standard InChI is InChI=1S/C13H17F3O2/c1-12(2,3)11(18)10(17)8-4-6-9(7-5-8)13(14,15)16/h4-7,10-11,17-18H,1-3H3. The molecule has 5 heteroatoms. The zero-order valence-corrected chi connectivity index (χ0v) is 10.5. The lowest BCUT2D eigenvalue weighted by atomic mass is 9.83. The van der Waals surface area contributed by atoms with Crippen LogP contribution in [0.25, 0.3) is 0 Å². The van der Waals surface area contributed by atoms with Gasteiger partial charge in [0.25, 0.3) is 0 Å². The van der Waals surface area contributed by atoms with E-state index in [-0.39, 0.29) is 5.56 Å². The van der Waals surface area contributed by atoms with Crippen LogP contribution >= 0.6 is 0 Å². The summed E-state index contributed by atoms with van der Waals surface area (Å²) in [4.78, 5) is 0. The van der Waals surface area contributed by atoms with E-state index in [2.05, 4.69) is 0 Å². The minimum Gasteiger partial charge on any atom is -0.390 e. The fraction of sp³-hybridized carbons (Fsp3) is 0.538. The summed E-state index contributed by atoms with van der Waals surface area (Å²) in [6.07, 6.45) is -6.65. The zero-order valence-electron chi connectivity index (χ0n) is 10.5. The number of halogens is 3. The van der Waals surface area contributed by atoms with Gasteiger partial charge in [-0.15, -0.1) is 0 Å². The van der Waals surface area contributed by atoms with Crippen LogP contribution in [-0.2, 0) is 6.18 Å². The molecule has 0 spiro atoms. The van der Waals surface area contributed by atoms with E-state index < -0.39 is 29.4 Å². The van der Waals surface area contributed by atoms with Gasteiger partial charge in [-0.05, 0) is 23.1 Å². The van der Waals surface area contributed by atoms with Crippen LogP contribution in [-0.4, -0.2) is 16.3 Å². The number of rotatable bonds is 2. The summed E-state index contributed by atoms with van der Waals surface area (Å²) in [6.45, 7) is 5.22. The van der Waals surface area contributed by atoms with Crippen molar-refractivity contribution in [2.45, 2.75) is 39.2 Å². The van der Waals surface area contributed by atoms with Gasteiger partial charge >= 0.3 is 6.18 Å². The van der Waals surface area contributed by atoms with E-state index in [1.54, 1.807) is 20.8 Å². The summed E-state index contributed by atoms with van der Waals surface area (Å²) in [5.41, 5.74) is -1.06. The highest BCUT2D eigenvalue weighted by molar-refractivity contribution is 5.26. The van der Waals surface area contributed by atoms with Gasteiger partial charge in [-0.2, -0.15) is 13.2 Å².